The summed E-state index contributed by atoms with van der Waals surface area (Å²) >= 11 is 0. The van der Waals surface area contributed by atoms with Crippen molar-refractivity contribution < 1.29 is 18.3 Å². The molecule has 0 aromatic heterocycles. The molecule has 0 heterocycles. The van der Waals surface area contributed by atoms with Crippen LogP contribution in [0.4, 0.5) is 0 Å². The number of hydrogen-bond donors (Lipinski definition) is 1. The molecule has 5 heteroatoms. The van der Waals surface area contributed by atoms with E-state index in [0.717, 1.165) is 0 Å². The van der Waals surface area contributed by atoms with Gasteiger partial charge in [0.05, 0.1) is 10.4 Å². The van der Waals surface area contributed by atoms with Gasteiger partial charge in [-0.2, -0.15) is 8.42 Å². The number of allylic oxidation sites excluding steroid dienone is 3. The summed E-state index contributed by atoms with van der Waals surface area (Å²) in [6.45, 7) is 3.53. The van der Waals surface area contributed by atoms with E-state index in [2.05, 4.69) is 6.58 Å². The zero-order chi connectivity index (χ0) is 14.7. The molecule has 1 aromatic carbocycles. The van der Waals surface area contributed by atoms with E-state index >= 15 is 0 Å². The monoisotopic (exact) mass is 288 g/mol. The molecule has 1 atom stereocenters. The first-order valence-electron chi connectivity index (χ1n) is 5.84. The van der Waals surface area contributed by atoms with Crippen molar-refractivity contribution in [3.63, 3.8) is 0 Å². The van der Waals surface area contributed by atoms with E-state index in [1.807, 2.05) is 6.07 Å². The molecule has 4 nitrogen and oxygen atoms in total. The highest BCUT2D eigenvalue weighted by molar-refractivity contribution is 7.73. The van der Waals surface area contributed by atoms with Gasteiger partial charge >= 0.3 is 5.97 Å². The smallest absolute Gasteiger partial charge is 0.335 e. The fourth-order valence-corrected chi connectivity index (χ4v) is 2.78. The molecule has 1 aliphatic carbocycles. The Balaban J connectivity index is 2.64. The second-order valence-electron chi connectivity index (χ2n) is 4.25. The Hall–Kier alpha value is -2.40. The summed E-state index contributed by atoms with van der Waals surface area (Å²) in [4.78, 5) is 11.3. The molecular weight excluding hydrogens is 276 g/mol. The second kappa shape index (κ2) is 5.71. The number of carboxylic acids is 1. The molecule has 0 aliphatic heterocycles. The third-order valence-electron chi connectivity index (χ3n) is 3.06. The Bertz CT molecular complexity index is 744. The summed E-state index contributed by atoms with van der Waals surface area (Å²) in [5.41, 5.74) is 0.987. The number of carbonyl (C=O) groups is 1. The van der Waals surface area contributed by atoms with E-state index < -0.39 is 22.2 Å². The topological polar surface area (TPSA) is 71.4 Å². The predicted octanol–water partition coefficient (Wildman–Crippen LogP) is 1.96. The van der Waals surface area contributed by atoms with Crippen molar-refractivity contribution in [2.45, 2.75) is 5.92 Å². The molecule has 0 saturated carbocycles. The molecule has 1 N–H and O–H groups in total. The number of carboxylic acid groups (broad SMARTS) is 1. The van der Waals surface area contributed by atoms with Crippen LogP contribution in [0.15, 0.2) is 66.3 Å². The van der Waals surface area contributed by atoms with Gasteiger partial charge < -0.3 is 5.11 Å². The van der Waals surface area contributed by atoms with Crippen LogP contribution in [0.25, 0.3) is 0 Å². The highest BCUT2D eigenvalue weighted by Gasteiger charge is 2.28. The molecule has 1 aliphatic rings. The summed E-state index contributed by atoms with van der Waals surface area (Å²) in [5, 5.41) is 9.10. The number of hydrogen-bond acceptors (Lipinski definition) is 3. The van der Waals surface area contributed by atoms with Gasteiger partial charge in [0.2, 0.25) is 10.3 Å². The summed E-state index contributed by atoms with van der Waals surface area (Å²) < 4.78 is 22.8. The maximum atomic E-state index is 11.4. The van der Waals surface area contributed by atoms with Crippen molar-refractivity contribution in [3.8, 4) is 0 Å². The summed E-state index contributed by atoms with van der Waals surface area (Å²) in [7, 11) is -2.43. The van der Waals surface area contributed by atoms with Gasteiger partial charge in [0, 0.05) is 5.92 Å². The van der Waals surface area contributed by atoms with Gasteiger partial charge in [-0.05, 0) is 17.2 Å². The Morgan fingerprint density at radius 1 is 1.20 bits per heavy atom. The number of rotatable bonds is 3. The van der Waals surface area contributed by atoms with Crippen molar-refractivity contribution in [2.24, 2.45) is 0 Å². The molecule has 0 radical (unpaired) electrons. The van der Waals surface area contributed by atoms with Gasteiger partial charge in [-0.1, -0.05) is 49.1 Å². The minimum absolute atomic E-state index is 0.105. The van der Waals surface area contributed by atoms with Crippen LogP contribution in [0.1, 0.15) is 11.5 Å². The molecule has 20 heavy (non-hydrogen) atoms. The summed E-state index contributed by atoms with van der Waals surface area (Å²) in [5.74, 6) is -1.80. The molecule has 2 rings (SSSR count). The summed E-state index contributed by atoms with van der Waals surface area (Å²) in [6, 6.07) is 8.89. The minimum atomic E-state index is -2.43. The van der Waals surface area contributed by atoms with Gasteiger partial charge in [0.1, 0.15) is 0 Å². The lowest BCUT2D eigenvalue weighted by Gasteiger charge is -2.22. The highest BCUT2D eigenvalue weighted by atomic mass is 32.2. The Morgan fingerprint density at radius 3 is 2.40 bits per heavy atom. The van der Waals surface area contributed by atoms with Crippen molar-refractivity contribution in [1.29, 1.82) is 0 Å². The highest BCUT2D eigenvalue weighted by Crippen LogP contribution is 2.33. The second-order valence-corrected chi connectivity index (χ2v) is 5.19. The third-order valence-corrected chi connectivity index (χ3v) is 3.82. The van der Waals surface area contributed by atoms with E-state index in [9.17, 15) is 13.2 Å². The number of benzene rings is 1. The van der Waals surface area contributed by atoms with Crippen LogP contribution in [0.5, 0.6) is 0 Å². The van der Waals surface area contributed by atoms with Crippen molar-refractivity contribution in [1.82, 2.24) is 0 Å². The third kappa shape index (κ3) is 2.62. The maximum absolute atomic E-state index is 11.4. The first-order chi connectivity index (χ1) is 9.52. The van der Waals surface area contributed by atoms with Crippen LogP contribution in [0, 0.1) is 0 Å². The molecule has 0 spiro atoms. The Kier molecular flexibility index (Phi) is 4.00. The lowest BCUT2D eigenvalue weighted by Crippen LogP contribution is -2.20. The van der Waals surface area contributed by atoms with Crippen molar-refractivity contribution in [3.05, 3.63) is 71.8 Å². The zero-order valence-corrected chi connectivity index (χ0v) is 11.3. The van der Waals surface area contributed by atoms with Crippen molar-refractivity contribution >= 4 is 21.1 Å². The molecular formula is C15H12O4S. The molecule has 0 fully saturated rings. The number of aliphatic carboxylic acids is 1. The van der Waals surface area contributed by atoms with Gasteiger partial charge in [0.25, 0.3) is 0 Å². The largest absolute Gasteiger partial charge is 0.478 e. The Morgan fingerprint density at radius 2 is 1.85 bits per heavy atom. The van der Waals surface area contributed by atoms with Gasteiger partial charge in [-0.25, -0.2) is 4.79 Å². The fraction of sp³-hybridized carbons (Fsp3) is 0.0667. The van der Waals surface area contributed by atoms with Crippen LogP contribution in [0.2, 0.25) is 0 Å². The maximum Gasteiger partial charge on any atom is 0.335 e. The normalized spacial score (nSPS) is 17.5. The van der Waals surface area contributed by atoms with Crippen LogP contribution < -0.4 is 0 Å². The van der Waals surface area contributed by atoms with E-state index in [1.54, 1.807) is 30.3 Å². The zero-order valence-electron chi connectivity index (χ0n) is 10.5. The fourth-order valence-electron chi connectivity index (χ4n) is 2.13. The van der Waals surface area contributed by atoms with Crippen molar-refractivity contribution in [2.75, 3.05) is 0 Å². The standard InChI is InChI=1S/C15H12O4S/c1-10(15(16)17)12-8-5-9-13(20(18)19)14(12)11-6-3-2-4-7-11/h2-9,14H,1H2,(H,16,17). The van der Waals surface area contributed by atoms with Crippen LogP contribution >= 0.6 is 0 Å². The van der Waals surface area contributed by atoms with Crippen LogP contribution in [0.3, 0.4) is 0 Å². The van der Waals surface area contributed by atoms with Crippen LogP contribution in [-0.2, 0) is 15.1 Å². The van der Waals surface area contributed by atoms with E-state index in [-0.39, 0.29) is 10.4 Å². The molecule has 1 aromatic rings. The van der Waals surface area contributed by atoms with Gasteiger partial charge in [0.15, 0.2) is 0 Å². The summed E-state index contributed by atoms with van der Waals surface area (Å²) in [6.07, 6.45) is 4.58. The van der Waals surface area contributed by atoms with Crippen LogP contribution in [-0.4, -0.2) is 24.4 Å². The van der Waals surface area contributed by atoms with E-state index in [1.165, 1.54) is 12.2 Å². The lowest BCUT2D eigenvalue weighted by molar-refractivity contribution is -0.132. The molecule has 0 amide bonds. The average Bonchev–Trinajstić information content (AvgIpc) is 2.46. The van der Waals surface area contributed by atoms with E-state index in [0.29, 0.717) is 11.1 Å². The average molecular weight is 288 g/mol. The molecule has 102 valence electrons. The predicted molar refractivity (Wildman–Crippen MR) is 77.1 cm³/mol. The van der Waals surface area contributed by atoms with Gasteiger partial charge in [-0.15, -0.1) is 0 Å². The minimum Gasteiger partial charge on any atom is -0.478 e. The van der Waals surface area contributed by atoms with Gasteiger partial charge in [-0.3, -0.25) is 0 Å². The molecule has 0 saturated heterocycles. The SMILES string of the molecule is C=C(C(=O)O)C1=CC=CC(=S(=O)=O)C1c1ccccc1. The van der Waals surface area contributed by atoms with E-state index in [4.69, 9.17) is 5.11 Å². The lowest BCUT2D eigenvalue weighted by atomic mass is 9.82. The first-order valence-corrected chi connectivity index (χ1v) is 6.91. The molecule has 1 unspecified atom stereocenters. The Labute approximate surface area is 117 Å². The molecule has 0 bridgehead atoms. The first kappa shape index (κ1) is 14.0. The quantitative estimate of drug-likeness (QED) is 0.681.